The molecule has 0 aliphatic carbocycles. The van der Waals surface area contributed by atoms with Gasteiger partial charge in [-0.3, -0.25) is 0 Å². The molecular weight excluding hydrogens is 222 g/mol. The Labute approximate surface area is 89.3 Å². The van der Waals surface area contributed by atoms with Gasteiger partial charge in [0.2, 0.25) is 10.0 Å². The van der Waals surface area contributed by atoms with Gasteiger partial charge in [0.05, 0.1) is 17.9 Å². The van der Waals surface area contributed by atoms with E-state index in [0.717, 1.165) is 0 Å². The van der Waals surface area contributed by atoms with E-state index in [1.807, 2.05) is 0 Å². The summed E-state index contributed by atoms with van der Waals surface area (Å²) in [6.07, 6.45) is 0. The predicted molar refractivity (Wildman–Crippen MR) is 56.3 cm³/mol. The fourth-order valence-electron chi connectivity index (χ4n) is 0.810. The molecule has 0 spiro atoms. The molecule has 0 amide bonds. The first-order chi connectivity index (χ1) is 6.75. The van der Waals surface area contributed by atoms with E-state index < -0.39 is 15.6 Å². The quantitative estimate of drug-likeness (QED) is 0.240. The second-order valence-corrected chi connectivity index (χ2v) is 5.37. The molecule has 0 aromatic rings. The number of nitrogens with two attached hydrogens (primary N) is 1. The van der Waals surface area contributed by atoms with Crippen LogP contribution in [0.25, 0.3) is 0 Å². The van der Waals surface area contributed by atoms with Crippen LogP contribution < -0.4 is 10.5 Å². The molecule has 8 heteroatoms. The van der Waals surface area contributed by atoms with Gasteiger partial charge >= 0.3 is 0 Å². The summed E-state index contributed by atoms with van der Waals surface area (Å²) in [6, 6.07) is 0. The van der Waals surface area contributed by atoms with E-state index in [-0.39, 0.29) is 18.2 Å². The summed E-state index contributed by atoms with van der Waals surface area (Å²) in [5.41, 5.74) is 4.20. The van der Waals surface area contributed by atoms with Crippen molar-refractivity contribution in [3.05, 3.63) is 0 Å². The average Bonchev–Trinajstić information content (AvgIpc) is 2.11. The molecule has 7 nitrogen and oxygen atoms in total. The number of methoxy groups -OCH3 is 1. The van der Waals surface area contributed by atoms with Gasteiger partial charge in [-0.1, -0.05) is 5.16 Å². The van der Waals surface area contributed by atoms with Gasteiger partial charge in [0.25, 0.3) is 0 Å². The van der Waals surface area contributed by atoms with Crippen LogP contribution in [0.3, 0.4) is 0 Å². The summed E-state index contributed by atoms with van der Waals surface area (Å²) in [7, 11) is -2.10. The predicted octanol–water partition coefficient (Wildman–Crippen LogP) is -0.923. The van der Waals surface area contributed by atoms with E-state index in [0.29, 0.717) is 0 Å². The summed E-state index contributed by atoms with van der Waals surface area (Å²) in [5, 5.41) is 11.2. The third-order valence-corrected chi connectivity index (χ3v) is 3.24. The van der Waals surface area contributed by atoms with Gasteiger partial charge in [0.1, 0.15) is 0 Å². The van der Waals surface area contributed by atoms with Crippen LogP contribution in [-0.2, 0) is 14.8 Å². The van der Waals surface area contributed by atoms with Gasteiger partial charge in [-0.2, -0.15) is 0 Å². The molecule has 90 valence electrons. The van der Waals surface area contributed by atoms with Crippen LogP contribution in [-0.4, -0.2) is 44.5 Å². The molecule has 0 saturated carbocycles. The van der Waals surface area contributed by atoms with E-state index in [2.05, 4.69) is 14.6 Å². The maximum absolute atomic E-state index is 11.4. The third kappa shape index (κ3) is 4.96. The number of nitrogens with zero attached hydrogens (tertiary/aromatic N) is 1. The largest absolute Gasteiger partial charge is 0.409 e. The zero-order valence-electron chi connectivity index (χ0n) is 9.02. The molecule has 0 unspecified atom stereocenters. The Hall–Kier alpha value is -0.860. The van der Waals surface area contributed by atoms with Crippen molar-refractivity contribution < 1.29 is 18.4 Å². The van der Waals surface area contributed by atoms with Crippen molar-refractivity contribution in [2.24, 2.45) is 10.9 Å². The zero-order valence-corrected chi connectivity index (χ0v) is 9.84. The lowest BCUT2D eigenvalue weighted by Crippen LogP contribution is -2.53. The summed E-state index contributed by atoms with van der Waals surface area (Å²) in [4.78, 5) is 0. The molecule has 0 atom stereocenters. The molecular formula is C7H17N3O4S. The first kappa shape index (κ1) is 14.1. The average molecular weight is 239 g/mol. The van der Waals surface area contributed by atoms with Crippen molar-refractivity contribution in [3.8, 4) is 0 Å². The van der Waals surface area contributed by atoms with Crippen molar-refractivity contribution >= 4 is 15.9 Å². The first-order valence-electron chi connectivity index (χ1n) is 4.24. The highest BCUT2D eigenvalue weighted by molar-refractivity contribution is 7.89. The van der Waals surface area contributed by atoms with Crippen molar-refractivity contribution in [1.82, 2.24) is 4.72 Å². The van der Waals surface area contributed by atoms with Gasteiger partial charge in [-0.05, 0) is 13.8 Å². The number of hydrogen-bond donors (Lipinski definition) is 3. The number of ether oxygens (including phenoxy) is 1. The number of sulfonamides is 1. The number of rotatable bonds is 6. The van der Waals surface area contributed by atoms with Crippen LogP contribution >= 0.6 is 0 Å². The lowest BCUT2D eigenvalue weighted by Gasteiger charge is -2.23. The monoisotopic (exact) mass is 239 g/mol. The topological polar surface area (TPSA) is 114 Å². The van der Waals surface area contributed by atoms with Crippen molar-refractivity contribution in [2.45, 2.75) is 19.4 Å². The highest BCUT2D eigenvalue weighted by Gasteiger charge is 2.28. The first-order valence-corrected chi connectivity index (χ1v) is 5.89. The van der Waals surface area contributed by atoms with Crippen molar-refractivity contribution in [3.63, 3.8) is 0 Å². The van der Waals surface area contributed by atoms with E-state index in [1.165, 1.54) is 21.0 Å². The number of amidine groups is 1. The normalized spacial score (nSPS) is 14.2. The molecule has 0 aliphatic heterocycles. The van der Waals surface area contributed by atoms with Gasteiger partial charge in [-0.25, -0.2) is 13.1 Å². The standard InChI is InChI=1S/C7H17N3O4S/c1-7(2,6(8)9-11)10-15(12,13)5-4-14-3/h10-11H,4-5H2,1-3H3,(H2,8,9). The van der Waals surface area contributed by atoms with E-state index in [4.69, 9.17) is 10.9 Å². The number of nitrogens with one attached hydrogen (secondary N) is 1. The minimum absolute atomic E-state index is 0.0849. The molecule has 0 aromatic heterocycles. The fourth-order valence-corrected chi connectivity index (χ4v) is 2.18. The lowest BCUT2D eigenvalue weighted by molar-refractivity contribution is 0.216. The van der Waals surface area contributed by atoms with Crippen LogP contribution in [0.15, 0.2) is 5.16 Å². The summed E-state index contributed by atoms with van der Waals surface area (Å²) < 4.78 is 29.8. The molecule has 0 radical (unpaired) electrons. The Morgan fingerprint density at radius 1 is 1.60 bits per heavy atom. The third-order valence-electron chi connectivity index (χ3n) is 1.71. The van der Waals surface area contributed by atoms with Gasteiger partial charge < -0.3 is 15.7 Å². The van der Waals surface area contributed by atoms with Gasteiger partial charge in [0.15, 0.2) is 5.84 Å². The molecule has 0 fully saturated rings. The van der Waals surface area contributed by atoms with Crippen molar-refractivity contribution in [1.29, 1.82) is 0 Å². The minimum atomic E-state index is -3.50. The van der Waals surface area contributed by atoms with Gasteiger partial charge in [0, 0.05) is 7.11 Å². The lowest BCUT2D eigenvalue weighted by atomic mass is 10.1. The zero-order chi connectivity index (χ0) is 12.1. The Balaban J connectivity index is 4.58. The Morgan fingerprint density at radius 3 is 2.53 bits per heavy atom. The summed E-state index contributed by atoms with van der Waals surface area (Å²) in [6.45, 7) is 3.07. The molecule has 0 aromatic carbocycles. The minimum Gasteiger partial charge on any atom is -0.409 e. The van der Waals surface area contributed by atoms with Gasteiger partial charge in [-0.15, -0.1) is 0 Å². The van der Waals surface area contributed by atoms with Crippen molar-refractivity contribution in [2.75, 3.05) is 19.5 Å². The molecule has 4 N–H and O–H groups in total. The van der Waals surface area contributed by atoms with Crippen LogP contribution in [0.2, 0.25) is 0 Å². The fraction of sp³-hybridized carbons (Fsp3) is 0.857. The van der Waals surface area contributed by atoms with Crippen LogP contribution in [0, 0.1) is 0 Å². The number of hydrogen-bond acceptors (Lipinski definition) is 5. The molecule has 0 bridgehead atoms. The van der Waals surface area contributed by atoms with E-state index in [1.54, 1.807) is 0 Å². The second kappa shape index (κ2) is 5.29. The summed E-state index contributed by atoms with van der Waals surface area (Å²) in [5.74, 6) is -0.380. The Kier molecular flexibility index (Phi) is 4.98. The second-order valence-electron chi connectivity index (χ2n) is 3.52. The summed E-state index contributed by atoms with van der Waals surface area (Å²) >= 11 is 0. The van der Waals surface area contributed by atoms with Crippen LogP contribution in [0.5, 0.6) is 0 Å². The Bertz CT molecular complexity index is 323. The smallest absolute Gasteiger partial charge is 0.214 e. The molecule has 0 aliphatic rings. The van der Waals surface area contributed by atoms with Crippen LogP contribution in [0.4, 0.5) is 0 Å². The molecule has 0 rings (SSSR count). The molecule has 0 saturated heterocycles. The molecule has 15 heavy (non-hydrogen) atoms. The highest BCUT2D eigenvalue weighted by atomic mass is 32.2. The van der Waals surface area contributed by atoms with Crippen LogP contribution in [0.1, 0.15) is 13.8 Å². The highest BCUT2D eigenvalue weighted by Crippen LogP contribution is 2.04. The maximum Gasteiger partial charge on any atom is 0.214 e. The van der Waals surface area contributed by atoms with E-state index in [9.17, 15) is 8.42 Å². The maximum atomic E-state index is 11.4. The Morgan fingerprint density at radius 2 is 2.13 bits per heavy atom. The molecule has 0 heterocycles. The SMILES string of the molecule is COCCS(=O)(=O)NC(C)(C)C(N)=NO. The number of oxime groups is 1. The van der Waals surface area contributed by atoms with E-state index >= 15 is 0 Å².